The maximum Gasteiger partial charge on any atom is 0.0117 e. The predicted octanol–water partition coefficient (Wildman–Crippen LogP) is 0.634. The molecule has 2 atom stereocenters. The third kappa shape index (κ3) is 0.892. The monoisotopic (exact) mass is 112 g/mol. The van der Waals surface area contributed by atoms with Crippen molar-refractivity contribution in [2.24, 2.45) is 5.92 Å². The number of hydrogen-bond acceptors (Lipinski definition) is 2. The zero-order chi connectivity index (χ0) is 5.98. The van der Waals surface area contributed by atoms with Gasteiger partial charge in [0.2, 0.25) is 0 Å². The quantitative estimate of drug-likeness (QED) is 0.480. The second-order valence-corrected chi connectivity index (χ2v) is 2.36. The summed E-state index contributed by atoms with van der Waals surface area (Å²) in [5.41, 5.74) is 0. The van der Waals surface area contributed by atoms with Crippen LogP contribution in [0.4, 0.5) is 0 Å². The minimum absolute atomic E-state index is 0.495. The zero-order valence-corrected chi connectivity index (χ0v) is 5.15. The topological polar surface area (TPSA) is 35.9 Å². The molecule has 0 aromatic rings. The van der Waals surface area contributed by atoms with Gasteiger partial charge in [0.05, 0.1) is 0 Å². The molecule has 0 spiro atoms. The molecule has 1 rings (SSSR count). The van der Waals surface area contributed by atoms with E-state index in [1.807, 2.05) is 0 Å². The molecule has 0 saturated carbocycles. The highest BCUT2D eigenvalue weighted by Crippen LogP contribution is 2.10. The van der Waals surface area contributed by atoms with Crippen LogP contribution in [0.15, 0.2) is 0 Å². The van der Waals surface area contributed by atoms with Gasteiger partial charge in [-0.15, -0.1) is 0 Å². The maximum absolute atomic E-state index is 6.97. The van der Waals surface area contributed by atoms with Gasteiger partial charge < -0.3 is 10.7 Å². The summed E-state index contributed by atoms with van der Waals surface area (Å²) < 4.78 is 0. The number of nitrogens with one attached hydrogen (secondary N) is 2. The predicted molar refractivity (Wildman–Crippen MR) is 34.4 cm³/mol. The first-order valence-corrected chi connectivity index (χ1v) is 3.08. The van der Waals surface area contributed by atoms with E-state index >= 15 is 0 Å². The van der Waals surface area contributed by atoms with Crippen molar-refractivity contribution in [1.29, 1.82) is 5.41 Å². The largest absolute Gasteiger partial charge is 0.314 e. The smallest absolute Gasteiger partial charge is 0.0117 e. The van der Waals surface area contributed by atoms with E-state index in [-0.39, 0.29) is 0 Å². The van der Waals surface area contributed by atoms with Crippen LogP contribution < -0.4 is 5.32 Å². The van der Waals surface area contributed by atoms with Crippen molar-refractivity contribution >= 4 is 6.21 Å². The van der Waals surface area contributed by atoms with E-state index in [2.05, 4.69) is 12.2 Å². The van der Waals surface area contributed by atoms with Crippen LogP contribution >= 0.6 is 0 Å². The van der Waals surface area contributed by atoms with Gasteiger partial charge in [-0.25, -0.2) is 0 Å². The molecule has 0 aliphatic carbocycles. The fourth-order valence-corrected chi connectivity index (χ4v) is 1.11. The van der Waals surface area contributed by atoms with Crippen LogP contribution in [0.1, 0.15) is 13.3 Å². The Hall–Kier alpha value is -0.370. The van der Waals surface area contributed by atoms with E-state index in [1.165, 1.54) is 0 Å². The fourth-order valence-electron chi connectivity index (χ4n) is 1.11. The molecule has 46 valence electrons. The third-order valence-electron chi connectivity index (χ3n) is 1.80. The SMILES string of the molecule is CC1NCCC1C=N. The molecule has 2 unspecified atom stereocenters. The molecule has 1 saturated heterocycles. The molecule has 0 aromatic carbocycles. The molecule has 1 aliphatic rings. The molecule has 1 heterocycles. The maximum atomic E-state index is 6.97. The molecular weight excluding hydrogens is 100 g/mol. The van der Waals surface area contributed by atoms with E-state index in [4.69, 9.17) is 5.41 Å². The summed E-state index contributed by atoms with van der Waals surface area (Å²) in [5, 5.41) is 10.2. The van der Waals surface area contributed by atoms with Crippen molar-refractivity contribution in [3.63, 3.8) is 0 Å². The lowest BCUT2D eigenvalue weighted by atomic mass is 10.0. The number of rotatable bonds is 1. The molecule has 0 amide bonds. The van der Waals surface area contributed by atoms with Gasteiger partial charge in [0.25, 0.3) is 0 Å². The molecule has 8 heavy (non-hydrogen) atoms. The van der Waals surface area contributed by atoms with Crippen molar-refractivity contribution in [3.05, 3.63) is 0 Å². The van der Waals surface area contributed by atoms with E-state index in [9.17, 15) is 0 Å². The summed E-state index contributed by atoms with van der Waals surface area (Å²) in [7, 11) is 0. The van der Waals surface area contributed by atoms with Crippen molar-refractivity contribution in [3.8, 4) is 0 Å². The Morgan fingerprint density at radius 2 is 2.50 bits per heavy atom. The summed E-state index contributed by atoms with van der Waals surface area (Å²) >= 11 is 0. The first-order valence-electron chi connectivity index (χ1n) is 3.08. The van der Waals surface area contributed by atoms with Gasteiger partial charge in [-0.3, -0.25) is 0 Å². The zero-order valence-electron chi connectivity index (χ0n) is 5.15. The molecular formula is C6H12N2. The highest BCUT2D eigenvalue weighted by Gasteiger charge is 2.19. The molecule has 1 fully saturated rings. The Morgan fingerprint density at radius 1 is 1.75 bits per heavy atom. The highest BCUT2D eigenvalue weighted by molar-refractivity contribution is 5.58. The third-order valence-corrected chi connectivity index (χ3v) is 1.80. The Morgan fingerprint density at radius 3 is 2.75 bits per heavy atom. The summed E-state index contributed by atoms with van der Waals surface area (Å²) in [4.78, 5) is 0. The fraction of sp³-hybridized carbons (Fsp3) is 0.833. The lowest BCUT2D eigenvalue weighted by Crippen LogP contribution is -2.23. The average Bonchev–Trinajstić information content (AvgIpc) is 2.14. The van der Waals surface area contributed by atoms with Crippen molar-refractivity contribution in [1.82, 2.24) is 5.32 Å². The van der Waals surface area contributed by atoms with Gasteiger partial charge in [-0.2, -0.15) is 0 Å². The normalized spacial score (nSPS) is 37.6. The molecule has 0 aromatic heterocycles. The van der Waals surface area contributed by atoms with Crippen LogP contribution in [-0.4, -0.2) is 18.8 Å². The Balaban J connectivity index is 2.41. The van der Waals surface area contributed by atoms with Gasteiger partial charge in [0.1, 0.15) is 0 Å². The van der Waals surface area contributed by atoms with Gasteiger partial charge in [-0.1, -0.05) is 0 Å². The lowest BCUT2D eigenvalue weighted by Gasteiger charge is -2.06. The minimum Gasteiger partial charge on any atom is -0.314 e. The number of hydrogen-bond donors (Lipinski definition) is 2. The van der Waals surface area contributed by atoms with Crippen molar-refractivity contribution in [2.45, 2.75) is 19.4 Å². The van der Waals surface area contributed by atoms with E-state index in [1.54, 1.807) is 6.21 Å². The standard InChI is InChI=1S/C6H12N2/c1-5-6(4-7)2-3-8-5/h4-8H,2-3H2,1H3. The first-order chi connectivity index (χ1) is 3.84. The molecule has 2 heteroatoms. The van der Waals surface area contributed by atoms with Gasteiger partial charge in [-0.05, 0) is 26.1 Å². The Labute approximate surface area is 49.8 Å². The van der Waals surface area contributed by atoms with Crippen LogP contribution in [0.3, 0.4) is 0 Å². The molecule has 1 aliphatic heterocycles. The minimum atomic E-state index is 0.495. The van der Waals surface area contributed by atoms with E-state index in [0.29, 0.717) is 12.0 Å². The van der Waals surface area contributed by atoms with Gasteiger partial charge in [0.15, 0.2) is 0 Å². The van der Waals surface area contributed by atoms with Crippen LogP contribution in [-0.2, 0) is 0 Å². The Kier molecular flexibility index (Phi) is 1.63. The second kappa shape index (κ2) is 2.27. The van der Waals surface area contributed by atoms with Crippen LogP contribution in [0.5, 0.6) is 0 Å². The molecule has 2 N–H and O–H groups in total. The lowest BCUT2D eigenvalue weighted by molar-refractivity contribution is 0.600. The first kappa shape index (κ1) is 5.76. The molecule has 2 nitrogen and oxygen atoms in total. The summed E-state index contributed by atoms with van der Waals surface area (Å²) in [6.07, 6.45) is 2.69. The highest BCUT2D eigenvalue weighted by atomic mass is 14.9. The van der Waals surface area contributed by atoms with Crippen LogP contribution in [0.2, 0.25) is 0 Å². The van der Waals surface area contributed by atoms with E-state index < -0.39 is 0 Å². The second-order valence-electron chi connectivity index (χ2n) is 2.36. The van der Waals surface area contributed by atoms with Gasteiger partial charge >= 0.3 is 0 Å². The molecule has 0 radical (unpaired) electrons. The van der Waals surface area contributed by atoms with Crippen molar-refractivity contribution < 1.29 is 0 Å². The van der Waals surface area contributed by atoms with Crippen LogP contribution in [0.25, 0.3) is 0 Å². The molecule has 0 bridgehead atoms. The van der Waals surface area contributed by atoms with Gasteiger partial charge in [0, 0.05) is 12.0 Å². The Bertz CT molecular complexity index is 90.5. The van der Waals surface area contributed by atoms with Crippen molar-refractivity contribution in [2.75, 3.05) is 6.54 Å². The summed E-state index contributed by atoms with van der Waals surface area (Å²) in [6, 6.07) is 0.535. The average molecular weight is 112 g/mol. The summed E-state index contributed by atoms with van der Waals surface area (Å²) in [6.45, 7) is 3.21. The van der Waals surface area contributed by atoms with E-state index in [0.717, 1.165) is 13.0 Å². The van der Waals surface area contributed by atoms with Crippen LogP contribution in [0, 0.1) is 11.3 Å². The summed E-state index contributed by atoms with van der Waals surface area (Å²) in [5.74, 6) is 0.495.